The Hall–Kier alpha value is -1.57. The van der Waals surface area contributed by atoms with Crippen LogP contribution in [-0.2, 0) is 4.79 Å². The molecule has 1 aromatic heterocycles. The average molecular weight is 216 g/mol. The van der Waals surface area contributed by atoms with Crippen LogP contribution in [-0.4, -0.2) is 5.78 Å². The van der Waals surface area contributed by atoms with Crippen molar-refractivity contribution in [2.24, 2.45) is 5.92 Å². The van der Waals surface area contributed by atoms with Crippen LogP contribution in [0.1, 0.15) is 32.4 Å². The Morgan fingerprint density at radius 1 is 1.50 bits per heavy atom. The van der Waals surface area contributed by atoms with E-state index in [1.54, 1.807) is 6.26 Å². The molecule has 2 rings (SSSR count). The van der Waals surface area contributed by atoms with Gasteiger partial charge in [0.05, 0.1) is 6.26 Å². The van der Waals surface area contributed by atoms with Crippen LogP contribution in [0, 0.1) is 5.92 Å². The van der Waals surface area contributed by atoms with Crippen molar-refractivity contribution in [1.29, 1.82) is 0 Å². The summed E-state index contributed by atoms with van der Waals surface area (Å²) in [5, 5.41) is 0. The lowest BCUT2D eigenvalue weighted by molar-refractivity contribution is -0.116. The van der Waals surface area contributed by atoms with Crippen molar-refractivity contribution in [3.63, 3.8) is 0 Å². The highest BCUT2D eigenvalue weighted by molar-refractivity contribution is 6.03. The van der Waals surface area contributed by atoms with E-state index in [0.29, 0.717) is 6.42 Å². The topological polar surface area (TPSA) is 30.2 Å². The molecule has 0 amide bonds. The molecule has 2 nitrogen and oxygen atoms in total. The molecule has 0 radical (unpaired) electrons. The molecule has 0 N–H and O–H groups in total. The van der Waals surface area contributed by atoms with Gasteiger partial charge in [0.15, 0.2) is 5.78 Å². The first-order valence-electron chi connectivity index (χ1n) is 5.52. The zero-order valence-corrected chi connectivity index (χ0v) is 9.75. The third-order valence-corrected chi connectivity index (χ3v) is 3.27. The second-order valence-electron chi connectivity index (χ2n) is 4.46. The second-order valence-corrected chi connectivity index (χ2v) is 4.46. The van der Waals surface area contributed by atoms with Crippen molar-refractivity contribution in [3.05, 3.63) is 41.9 Å². The molecular weight excluding hydrogens is 200 g/mol. The number of ketones is 1. The SMILES string of the molecule is C=C(C)C1CC(=O)C(C)=C(c2ccco2)C1. The van der Waals surface area contributed by atoms with Gasteiger partial charge in [-0.15, -0.1) is 0 Å². The summed E-state index contributed by atoms with van der Waals surface area (Å²) in [7, 11) is 0. The molecule has 1 aliphatic rings. The van der Waals surface area contributed by atoms with Crippen LogP contribution in [0.2, 0.25) is 0 Å². The van der Waals surface area contributed by atoms with Crippen LogP contribution in [0.3, 0.4) is 0 Å². The minimum absolute atomic E-state index is 0.214. The fourth-order valence-corrected chi connectivity index (χ4v) is 2.10. The minimum atomic E-state index is 0.214. The molecule has 1 aliphatic carbocycles. The number of rotatable bonds is 2. The highest BCUT2D eigenvalue weighted by Gasteiger charge is 2.27. The predicted octanol–water partition coefficient (Wildman–Crippen LogP) is 3.61. The Balaban J connectivity index is 2.38. The molecule has 0 saturated heterocycles. The molecule has 16 heavy (non-hydrogen) atoms. The zero-order chi connectivity index (χ0) is 11.7. The number of hydrogen-bond donors (Lipinski definition) is 0. The van der Waals surface area contributed by atoms with Gasteiger partial charge in [-0.3, -0.25) is 4.79 Å². The molecule has 84 valence electrons. The number of furan rings is 1. The van der Waals surface area contributed by atoms with Gasteiger partial charge in [0.1, 0.15) is 5.76 Å². The van der Waals surface area contributed by atoms with Crippen molar-refractivity contribution in [1.82, 2.24) is 0 Å². The van der Waals surface area contributed by atoms with Crippen LogP contribution < -0.4 is 0 Å². The molecular formula is C14H16O2. The lowest BCUT2D eigenvalue weighted by atomic mass is 9.79. The van der Waals surface area contributed by atoms with E-state index in [0.717, 1.165) is 28.9 Å². The van der Waals surface area contributed by atoms with E-state index in [1.165, 1.54) is 0 Å². The van der Waals surface area contributed by atoms with E-state index >= 15 is 0 Å². The fourth-order valence-electron chi connectivity index (χ4n) is 2.10. The molecule has 1 unspecified atom stereocenters. The first-order chi connectivity index (χ1) is 7.59. The van der Waals surface area contributed by atoms with Crippen LogP contribution in [0.4, 0.5) is 0 Å². The first-order valence-corrected chi connectivity index (χ1v) is 5.52. The van der Waals surface area contributed by atoms with Crippen molar-refractivity contribution in [2.45, 2.75) is 26.7 Å². The summed E-state index contributed by atoms with van der Waals surface area (Å²) < 4.78 is 5.38. The molecule has 1 aromatic rings. The third-order valence-electron chi connectivity index (χ3n) is 3.27. The van der Waals surface area contributed by atoms with Crippen molar-refractivity contribution in [3.8, 4) is 0 Å². The van der Waals surface area contributed by atoms with Crippen LogP contribution in [0.25, 0.3) is 5.57 Å². The lowest BCUT2D eigenvalue weighted by Gasteiger charge is -2.24. The van der Waals surface area contributed by atoms with Crippen LogP contribution in [0.15, 0.2) is 40.5 Å². The van der Waals surface area contributed by atoms with E-state index in [-0.39, 0.29) is 11.7 Å². The summed E-state index contributed by atoms with van der Waals surface area (Å²) in [6.45, 7) is 7.82. The highest BCUT2D eigenvalue weighted by Crippen LogP contribution is 2.36. The minimum Gasteiger partial charge on any atom is -0.465 e. The van der Waals surface area contributed by atoms with Gasteiger partial charge in [0.2, 0.25) is 0 Å². The van der Waals surface area contributed by atoms with E-state index in [1.807, 2.05) is 26.0 Å². The summed E-state index contributed by atoms with van der Waals surface area (Å²) in [6.07, 6.45) is 3.09. The van der Waals surface area contributed by atoms with E-state index < -0.39 is 0 Å². The largest absolute Gasteiger partial charge is 0.465 e. The van der Waals surface area contributed by atoms with E-state index in [2.05, 4.69) is 6.58 Å². The summed E-state index contributed by atoms with van der Waals surface area (Å²) in [6, 6.07) is 3.76. The van der Waals surface area contributed by atoms with Gasteiger partial charge in [-0.1, -0.05) is 12.2 Å². The maximum Gasteiger partial charge on any atom is 0.159 e. The van der Waals surface area contributed by atoms with Gasteiger partial charge in [0.25, 0.3) is 0 Å². The number of allylic oxidation sites excluding steroid dienone is 3. The monoisotopic (exact) mass is 216 g/mol. The summed E-state index contributed by atoms with van der Waals surface area (Å²) in [4.78, 5) is 11.9. The van der Waals surface area contributed by atoms with E-state index in [4.69, 9.17) is 4.42 Å². The van der Waals surface area contributed by atoms with Gasteiger partial charge in [0, 0.05) is 12.0 Å². The normalized spacial score (nSPS) is 21.4. The van der Waals surface area contributed by atoms with Gasteiger partial charge < -0.3 is 4.42 Å². The van der Waals surface area contributed by atoms with Gasteiger partial charge in [-0.25, -0.2) is 0 Å². The molecule has 2 heteroatoms. The van der Waals surface area contributed by atoms with Crippen molar-refractivity contribution in [2.75, 3.05) is 0 Å². The van der Waals surface area contributed by atoms with Gasteiger partial charge in [-0.05, 0) is 43.9 Å². The molecule has 1 heterocycles. The van der Waals surface area contributed by atoms with Crippen LogP contribution >= 0.6 is 0 Å². The zero-order valence-electron chi connectivity index (χ0n) is 9.75. The molecule has 0 spiro atoms. The number of Topliss-reactive ketones (excluding diaryl/α,β-unsaturated/α-hetero) is 1. The summed E-state index contributed by atoms with van der Waals surface area (Å²) in [5.41, 5.74) is 2.95. The maximum absolute atomic E-state index is 11.9. The molecule has 0 saturated carbocycles. The predicted molar refractivity (Wildman–Crippen MR) is 63.8 cm³/mol. The standard InChI is InChI=1S/C14H16O2/c1-9(2)11-7-12(10(3)13(15)8-11)14-5-4-6-16-14/h4-6,11H,1,7-8H2,2-3H3. The van der Waals surface area contributed by atoms with Crippen LogP contribution in [0.5, 0.6) is 0 Å². The fraction of sp³-hybridized carbons (Fsp3) is 0.357. The smallest absolute Gasteiger partial charge is 0.159 e. The Morgan fingerprint density at radius 2 is 2.25 bits per heavy atom. The van der Waals surface area contributed by atoms with E-state index in [9.17, 15) is 4.79 Å². The number of carbonyl (C=O) groups excluding carboxylic acids is 1. The van der Waals surface area contributed by atoms with Crippen molar-refractivity contribution < 1.29 is 9.21 Å². The van der Waals surface area contributed by atoms with Gasteiger partial charge >= 0.3 is 0 Å². The Kier molecular flexibility index (Phi) is 2.82. The van der Waals surface area contributed by atoms with Gasteiger partial charge in [-0.2, -0.15) is 0 Å². The molecule has 0 fully saturated rings. The maximum atomic E-state index is 11.9. The Bertz CT molecular complexity index is 449. The summed E-state index contributed by atoms with van der Waals surface area (Å²) in [5.74, 6) is 1.29. The third kappa shape index (κ3) is 1.87. The van der Waals surface area contributed by atoms with Crippen molar-refractivity contribution >= 4 is 11.4 Å². The molecule has 1 atom stereocenters. The Morgan fingerprint density at radius 3 is 2.81 bits per heavy atom. The average Bonchev–Trinajstić information content (AvgIpc) is 2.74. The number of hydrogen-bond acceptors (Lipinski definition) is 2. The molecule has 0 bridgehead atoms. The molecule has 0 aliphatic heterocycles. The number of carbonyl (C=O) groups is 1. The lowest BCUT2D eigenvalue weighted by Crippen LogP contribution is -2.18. The molecule has 0 aromatic carbocycles. The Labute approximate surface area is 95.7 Å². The highest BCUT2D eigenvalue weighted by atomic mass is 16.3. The second kappa shape index (κ2) is 4.12. The first kappa shape index (κ1) is 10.9. The quantitative estimate of drug-likeness (QED) is 0.707. The summed E-state index contributed by atoms with van der Waals surface area (Å²) >= 11 is 0.